The standard InChI is InChI=1S/C18H17NO5S/c1-3-24-18(21)13-6-9-16-14(10-13)11-17(20)19(16)25(22,23)15-7-4-12(2)5-8-15/h4-10H,3,11H2,1-2H3. The summed E-state index contributed by atoms with van der Waals surface area (Å²) in [6.45, 7) is 3.79. The zero-order valence-corrected chi connectivity index (χ0v) is 14.7. The average Bonchev–Trinajstić information content (AvgIpc) is 2.91. The van der Waals surface area contributed by atoms with Crippen LogP contribution in [0.1, 0.15) is 28.4 Å². The molecule has 0 saturated heterocycles. The highest BCUT2D eigenvalue weighted by molar-refractivity contribution is 7.93. The van der Waals surface area contributed by atoms with Gasteiger partial charge in [-0.1, -0.05) is 17.7 Å². The molecular formula is C18H17NO5S. The van der Waals surface area contributed by atoms with Crippen molar-refractivity contribution >= 4 is 27.6 Å². The summed E-state index contributed by atoms with van der Waals surface area (Å²) in [5.41, 5.74) is 1.99. The van der Waals surface area contributed by atoms with Crippen molar-refractivity contribution in [2.24, 2.45) is 0 Å². The summed E-state index contributed by atoms with van der Waals surface area (Å²) in [4.78, 5) is 24.2. The molecule has 25 heavy (non-hydrogen) atoms. The Balaban J connectivity index is 2.02. The molecule has 0 spiro atoms. The van der Waals surface area contributed by atoms with Gasteiger partial charge in [-0.3, -0.25) is 4.79 Å². The van der Waals surface area contributed by atoms with Crippen LogP contribution >= 0.6 is 0 Å². The van der Waals surface area contributed by atoms with Gasteiger partial charge < -0.3 is 4.74 Å². The van der Waals surface area contributed by atoms with E-state index in [0.29, 0.717) is 11.1 Å². The second kappa shape index (κ2) is 6.33. The molecular weight excluding hydrogens is 342 g/mol. The lowest BCUT2D eigenvalue weighted by molar-refractivity contribution is -0.116. The lowest BCUT2D eigenvalue weighted by Gasteiger charge is -2.18. The van der Waals surface area contributed by atoms with Crippen LogP contribution in [0.2, 0.25) is 0 Å². The minimum Gasteiger partial charge on any atom is -0.462 e. The minimum atomic E-state index is -3.99. The van der Waals surface area contributed by atoms with E-state index in [2.05, 4.69) is 0 Å². The number of carbonyl (C=O) groups is 2. The molecule has 0 fully saturated rings. The van der Waals surface area contributed by atoms with Gasteiger partial charge in [0.15, 0.2) is 0 Å². The summed E-state index contributed by atoms with van der Waals surface area (Å²) >= 11 is 0. The first-order valence-corrected chi connectivity index (χ1v) is 9.23. The minimum absolute atomic E-state index is 0.0498. The highest BCUT2D eigenvalue weighted by Crippen LogP contribution is 2.34. The molecule has 2 aromatic rings. The van der Waals surface area contributed by atoms with E-state index in [-0.39, 0.29) is 23.6 Å². The van der Waals surface area contributed by atoms with Crippen molar-refractivity contribution in [1.29, 1.82) is 0 Å². The molecule has 1 aliphatic rings. The van der Waals surface area contributed by atoms with Crippen molar-refractivity contribution in [2.45, 2.75) is 25.2 Å². The van der Waals surface area contributed by atoms with Crippen LogP contribution in [0, 0.1) is 6.92 Å². The molecule has 0 bridgehead atoms. The van der Waals surface area contributed by atoms with Crippen LogP contribution in [0.5, 0.6) is 0 Å². The van der Waals surface area contributed by atoms with Gasteiger partial charge in [0.05, 0.1) is 29.2 Å². The van der Waals surface area contributed by atoms with E-state index in [1.165, 1.54) is 30.3 Å². The Bertz CT molecular complexity index is 948. The fourth-order valence-corrected chi connectivity index (χ4v) is 4.18. The lowest BCUT2D eigenvalue weighted by Crippen LogP contribution is -2.33. The number of hydrogen-bond donors (Lipinski definition) is 0. The van der Waals surface area contributed by atoms with Crippen molar-refractivity contribution < 1.29 is 22.7 Å². The molecule has 0 saturated carbocycles. The Morgan fingerprint density at radius 1 is 1.16 bits per heavy atom. The fraction of sp³-hybridized carbons (Fsp3) is 0.222. The Hall–Kier alpha value is -2.67. The molecule has 0 aromatic heterocycles. The Labute approximate surface area is 146 Å². The zero-order chi connectivity index (χ0) is 18.2. The SMILES string of the molecule is CCOC(=O)c1ccc2c(c1)CC(=O)N2S(=O)(=O)c1ccc(C)cc1. The normalized spacial score (nSPS) is 13.7. The van der Waals surface area contributed by atoms with E-state index in [4.69, 9.17) is 4.74 Å². The number of amides is 1. The number of rotatable bonds is 4. The summed E-state index contributed by atoms with van der Waals surface area (Å²) < 4.78 is 31.4. The van der Waals surface area contributed by atoms with Crippen LogP contribution in [0.25, 0.3) is 0 Å². The van der Waals surface area contributed by atoms with Crippen molar-refractivity contribution in [3.63, 3.8) is 0 Å². The monoisotopic (exact) mass is 359 g/mol. The first kappa shape index (κ1) is 17.2. The van der Waals surface area contributed by atoms with Crippen LogP contribution in [0.3, 0.4) is 0 Å². The first-order chi connectivity index (χ1) is 11.8. The molecule has 0 atom stereocenters. The highest BCUT2D eigenvalue weighted by atomic mass is 32.2. The molecule has 0 unspecified atom stereocenters. The first-order valence-electron chi connectivity index (χ1n) is 7.79. The van der Waals surface area contributed by atoms with Gasteiger partial charge in [0.25, 0.3) is 10.0 Å². The molecule has 6 nitrogen and oxygen atoms in total. The third-order valence-electron chi connectivity index (χ3n) is 3.94. The molecule has 0 aliphatic carbocycles. The van der Waals surface area contributed by atoms with Gasteiger partial charge in [-0.25, -0.2) is 17.5 Å². The van der Waals surface area contributed by atoms with Crippen molar-refractivity contribution in [3.8, 4) is 0 Å². The van der Waals surface area contributed by atoms with Crippen molar-refractivity contribution in [3.05, 3.63) is 59.2 Å². The number of ether oxygens (including phenoxy) is 1. The van der Waals surface area contributed by atoms with E-state index in [9.17, 15) is 18.0 Å². The second-order valence-corrected chi connectivity index (χ2v) is 7.50. The average molecular weight is 359 g/mol. The maximum Gasteiger partial charge on any atom is 0.338 e. The van der Waals surface area contributed by atoms with Gasteiger partial charge in [-0.2, -0.15) is 0 Å². The summed E-state index contributed by atoms with van der Waals surface area (Å²) in [7, 11) is -3.99. The largest absolute Gasteiger partial charge is 0.462 e. The Kier molecular flexibility index (Phi) is 4.34. The van der Waals surface area contributed by atoms with Crippen LogP contribution in [0.15, 0.2) is 47.4 Å². The molecule has 0 radical (unpaired) electrons. The molecule has 1 aliphatic heterocycles. The number of aryl methyl sites for hydroxylation is 1. The third kappa shape index (κ3) is 3.02. The van der Waals surface area contributed by atoms with E-state index < -0.39 is 21.9 Å². The molecule has 130 valence electrons. The van der Waals surface area contributed by atoms with Gasteiger partial charge in [0.1, 0.15) is 0 Å². The second-order valence-electron chi connectivity index (χ2n) is 5.72. The van der Waals surface area contributed by atoms with Gasteiger partial charge in [0.2, 0.25) is 5.91 Å². The summed E-state index contributed by atoms with van der Waals surface area (Å²) in [6.07, 6.45) is -0.0757. The summed E-state index contributed by atoms with van der Waals surface area (Å²) in [5.74, 6) is -1.05. The smallest absolute Gasteiger partial charge is 0.338 e. The van der Waals surface area contributed by atoms with Gasteiger partial charge in [-0.15, -0.1) is 0 Å². The maximum atomic E-state index is 12.9. The number of fused-ring (bicyclic) bond motifs is 1. The van der Waals surface area contributed by atoms with Crippen molar-refractivity contribution in [2.75, 3.05) is 10.9 Å². The highest BCUT2D eigenvalue weighted by Gasteiger charge is 2.37. The van der Waals surface area contributed by atoms with E-state index in [1.807, 2.05) is 6.92 Å². The fourth-order valence-electron chi connectivity index (χ4n) is 2.71. The predicted octanol–water partition coefficient (Wildman–Crippen LogP) is 2.45. The van der Waals surface area contributed by atoms with E-state index in [1.54, 1.807) is 19.1 Å². The molecule has 1 amide bonds. The number of esters is 1. The van der Waals surface area contributed by atoms with Crippen LogP contribution in [-0.4, -0.2) is 26.9 Å². The van der Waals surface area contributed by atoms with Gasteiger partial charge in [0, 0.05) is 0 Å². The van der Waals surface area contributed by atoms with E-state index in [0.717, 1.165) is 9.87 Å². The predicted molar refractivity (Wildman–Crippen MR) is 92.0 cm³/mol. The van der Waals surface area contributed by atoms with Crippen LogP contribution < -0.4 is 4.31 Å². The van der Waals surface area contributed by atoms with Crippen LogP contribution in [-0.2, 0) is 26.0 Å². The Morgan fingerprint density at radius 2 is 1.84 bits per heavy atom. The number of anilines is 1. The molecule has 2 aromatic carbocycles. The number of benzene rings is 2. The summed E-state index contributed by atoms with van der Waals surface area (Å²) in [6, 6.07) is 10.8. The quantitative estimate of drug-likeness (QED) is 0.783. The molecule has 0 N–H and O–H groups in total. The summed E-state index contributed by atoms with van der Waals surface area (Å²) in [5, 5.41) is 0. The number of sulfonamides is 1. The van der Waals surface area contributed by atoms with Gasteiger partial charge >= 0.3 is 5.97 Å². The zero-order valence-electron chi connectivity index (χ0n) is 13.9. The van der Waals surface area contributed by atoms with Gasteiger partial charge in [-0.05, 0) is 49.7 Å². The molecule has 3 rings (SSSR count). The molecule has 1 heterocycles. The van der Waals surface area contributed by atoms with Crippen LogP contribution in [0.4, 0.5) is 5.69 Å². The number of hydrogen-bond acceptors (Lipinski definition) is 5. The van der Waals surface area contributed by atoms with E-state index >= 15 is 0 Å². The number of nitrogens with zero attached hydrogens (tertiary/aromatic N) is 1. The van der Waals surface area contributed by atoms with Crippen molar-refractivity contribution in [1.82, 2.24) is 0 Å². The topological polar surface area (TPSA) is 80.8 Å². The lowest BCUT2D eigenvalue weighted by atomic mass is 10.1. The Morgan fingerprint density at radius 3 is 2.48 bits per heavy atom. The third-order valence-corrected chi connectivity index (χ3v) is 5.69. The number of carbonyl (C=O) groups excluding carboxylic acids is 2. The maximum absolute atomic E-state index is 12.9. The molecule has 7 heteroatoms.